The van der Waals surface area contributed by atoms with Crippen LogP contribution in [-0.2, 0) is 4.74 Å². The van der Waals surface area contributed by atoms with E-state index < -0.39 is 0 Å². The van der Waals surface area contributed by atoms with Gasteiger partial charge in [0.1, 0.15) is 0 Å². The van der Waals surface area contributed by atoms with E-state index >= 15 is 0 Å². The summed E-state index contributed by atoms with van der Waals surface area (Å²) in [5.74, 6) is 0. The summed E-state index contributed by atoms with van der Waals surface area (Å²) in [6, 6.07) is 0. The number of allylic oxidation sites excluding steroid dienone is 1. The van der Waals surface area contributed by atoms with E-state index in [0.717, 1.165) is 31.4 Å². The lowest BCUT2D eigenvalue weighted by Crippen LogP contribution is -2.46. The van der Waals surface area contributed by atoms with Gasteiger partial charge < -0.3 is 9.84 Å². The second-order valence-electron chi connectivity index (χ2n) is 6.62. The second-order valence-corrected chi connectivity index (χ2v) is 6.62. The van der Waals surface area contributed by atoms with Crippen molar-refractivity contribution in [2.75, 3.05) is 6.61 Å². The zero-order chi connectivity index (χ0) is 13.0. The van der Waals surface area contributed by atoms with Crippen LogP contribution in [0.4, 0.5) is 0 Å². The van der Waals surface area contributed by atoms with Crippen LogP contribution in [0.5, 0.6) is 0 Å². The molecular formula is C16H24O2. The third-order valence-corrected chi connectivity index (χ3v) is 5.92. The van der Waals surface area contributed by atoms with Gasteiger partial charge in [-0.25, -0.2) is 0 Å². The lowest BCUT2D eigenvalue weighted by atomic mass is 9.54. The van der Waals surface area contributed by atoms with Crippen LogP contribution in [0.1, 0.15) is 46.0 Å². The Morgan fingerprint density at radius 3 is 2.83 bits per heavy atom. The molecular weight excluding hydrogens is 224 g/mol. The Bertz CT molecular complexity index is 411. The van der Waals surface area contributed by atoms with E-state index in [2.05, 4.69) is 26.5 Å². The molecule has 0 unspecified atom stereocenters. The van der Waals surface area contributed by atoms with Gasteiger partial charge in [-0.2, -0.15) is 0 Å². The highest BCUT2D eigenvalue weighted by molar-refractivity contribution is 5.30. The normalized spacial score (nSPS) is 48.2. The summed E-state index contributed by atoms with van der Waals surface area (Å²) in [5, 5.41) is 10.1. The van der Waals surface area contributed by atoms with Crippen molar-refractivity contribution in [1.29, 1.82) is 0 Å². The maximum atomic E-state index is 10.1. The van der Waals surface area contributed by atoms with E-state index in [1.54, 1.807) is 0 Å². The van der Waals surface area contributed by atoms with Gasteiger partial charge in [0, 0.05) is 12.0 Å². The molecule has 0 aromatic heterocycles. The third-order valence-electron chi connectivity index (χ3n) is 5.92. The van der Waals surface area contributed by atoms with E-state index in [1.807, 2.05) is 0 Å². The number of hydrogen-bond donors (Lipinski definition) is 1. The molecule has 0 aromatic rings. The van der Waals surface area contributed by atoms with Crippen molar-refractivity contribution in [1.82, 2.24) is 0 Å². The second kappa shape index (κ2) is 3.94. The summed E-state index contributed by atoms with van der Waals surface area (Å²) in [7, 11) is 0. The molecule has 1 aliphatic heterocycles. The van der Waals surface area contributed by atoms with Crippen molar-refractivity contribution in [3.63, 3.8) is 0 Å². The van der Waals surface area contributed by atoms with E-state index in [-0.39, 0.29) is 23.0 Å². The molecule has 1 heterocycles. The van der Waals surface area contributed by atoms with Crippen molar-refractivity contribution in [2.24, 2.45) is 10.8 Å². The fourth-order valence-electron chi connectivity index (χ4n) is 4.47. The first kappa shape index (κ1) is 12.4. The van der Waals surface area contributed by atoms with Gasteiger partial charge in [0.15, 0.2) is 0 Å². The molecule has 1 saturated heterocycles. The topological polar surface area (TPSA) is 29.5 Å². The summed E-state index contributed by atoms with van der Waals surface area (Å²) in [5.41, 5.74) is 2.72. The lowest BCUT2D eigenvalue weighted by molar-refractivity contribution is 0.00167. The van der Waals surface area contributed by atoms with E-state index in [0.29, 0.717) is 0 Å². The van der Waals surface area contributed by atoms with Crippen LogP contribution in [0.3, 0.4) is 0 Å². The largest absolute Gasteiger partial charge is 0.389 e. The predicted octanol–water partition coefficient (Wildman–Crippen LogP) is 3.22. The average molecular weight is 248 g/mol. The van der Waals surface area contributed by atoms with Crippen molar-refractivity contribution in [3.05, 3.63) is 23.8 Å². The van der Waals surface area contributed by atoms with Crippen LogP contribution in [0.25, 0.3) is 0 Å². The minimum absolute atomic E-state index is 0.0464. The van der Waals surface area contributed by atoms with Crippen molar-refractivity contribution in [2.45, 2.75) is 58.2 Å². The Morgan fingerprint density at radius 2 is 2.17 bits per heavy atom. The highest BCUT2D eigenvalue weighted by Gasteiger charge is 2.59. The van der Waals surface area contributed by atoms with Crippen LogP contribution in [0.2, 0.25) is 0 Å². The van der Waals surface area contributed by atoms with E-state index in [1.165, 1.54) is 18.4 Å². The van der Waals surface area contributed by atoms with Crippen LogP contribution < -0.4 is 0 Å². The molecule has 3 rings (SSSR count). The minimum atomic E-state index is -0.308. The maximum Gasteiger partial charge on any atom is 0.0823 e. The molecule has 2 heteroatoms. The van der Waals surface area contributed by atoms with Crippen molar-refractivity contribution < 1.29 is 9.84 Å². The van der Waals surface area contributed by atoms with E-state index in [4.69, 9.17) is 4.74 Å². The number of aliphatic hydroxyl groups excluding tert-OH is 1. The fraction of sp³-hybridized carbons (Fsp3) is 0.750. The van der Waals surface area contributed by atoms with Crippen LogP contribution in [-0.4, -0.2) is 23.9 Å². The monoisotopic (exact) mass is 248 g/mol. The molecule has 0 bridgehead atoms. The fourth-order valence-corrected chi connectivity index (χ4v) is 4.47. The molecule has 0 radical (unpaired) electrons. The van der Waals surface area contributed by atoms with Gasteiger partial charge in [-0.1, -0.05) is 25.2 Å². The van der Waals surface area contributed by atoms with Crippen molar-refractivity contribution in [3.8, 4) is 0 Å². The Hall–Kier alpha value is -0.600. The Labute approximate surface area is 110 Å². The Kier molecular flexibility index (Phi) is 2.73. The van der Waals surface area contributed by atoms with Gasteiger partial charge in [0.05, 0.1) is 12.2 Å². The number of fused-ring (bicyclic) bond motifs is 1. The molecule has 0 amide bonds. The number of hydrogen-bond acceptors (Lipinski definition) is 2. The molecule has 2 fully saturated rings. The standard InChI is InChI=1S/C16H24O2/c1-11-4-7-16(8-9-18-14(16)10-11)15(3)6-5-13(17)12(15)2/h10,13-14,17H,2,4-9H2,1,3H3/t13-,14+,15+,16-/m1/s1. The molecule has 18 heavy (non-hydrogen) atoms. The molecule has 100 valence electrons. The maximum absolute atomic E-state index is 10.1. The molecule has 1 N–H and O–H groups in total. The third kappa shape index (κ3) is 1.42. The smallest absolute Gasteiger partial charge is 0.0823 e. The number of ether oxygens (including phenoxy) is 1. The summed E-state index contributed by atoms with van der Waals surface area (Å²) >= 11 is 0. The predicted molar refractivity (Wildman–Crippen MR) is 72.3 cm³/mol. The summed E-state index contributed by atoms with van der Waals surface area (Å²) in [6.45, 7) is 9.57. The van der Waals surface area contributed by atoms with E-state index in [9.17, 15) is 5.11 Å². The van der Waals surface area contributed by atoms with Crippen molar-refractivity contribution >= 4 is 0 Å². The first-order chi connectivity index (χ1) is 8.49. The summed E-state index contributed by atoms with van der Waals surface area (Å²) in [4.78, 5) is 0. The van der Waals surface area contributed by atoms with Gasteiger partial charge in [-0.3, -0.25) is 0 Å². The van der Waals surface area contributed by atoms with Crippen LogP contribution >= 0.6 is 0 Å². The van der Waals surface area contributed by atoms with Gasteiger partial charge >= 0.3 is 0 Å². The van der Waals surface area contributed by atoms with Gasteiger partial charge in [-0.05, 0) is 50.0 Å². The minimum Gasteiger partial charge on any atom is -0.389 e. The molecule has 2 nitrogen and oxygen atoms in total. The molecule has 2 aliphatic carbocycles. The van der Waals surface area contributed by atoms with Gasteiger partial charge in [-0.15, -0.1) is 0 Å². The van der Waals surface area contributed by atoms with Crippen LogP contribution in [0, 0.1) is 10.8 Å². The SMILES string of the molecule is C=C1[C@H](O)CC[C@]1(C)[C@]12CCO[C@H]1C=C(C)CC2. The summed E-state index contributed by atoms with van der Waals surface area (Å²) < 4.78 is 5.99. The zero-order valence-corrected chi connectivity index (χ0v) is 11.5. The molecule has 4 atom stereocenters. The quantitative estimate of drug-likeness (QED) is 0.722. The first-order valence-electron chi connectivity index (χ1n) is 7.16. The molecule has 3 aliphatic rings. The molecule has 0 aromatic carbocycles. The first-order valence-corrected chi connectivity index (χ1v) is 7.16. The zero-order valence-electron chi connectivity index (χ0n) is 11.5. The molecule has 1 saturated carbocycles. The number of rotatable bonds is 1. The highest BCUT2D eigenvalue weighted by Crippen LogP contribution is 2.63. The Balaban J connectivity index is 2.02. The lowest BCUT2D eigenvalue weighted by Gasteiger charge is -2.49. The van der Waals surface area contributed by atoms with Crippen LogP contribution in [0.15, 0.2) is 23.8 Å². The van der Waals surface area contributed by atoms with Gasteiger partial charge in [0.2, 0.25) is 0 Å². The average Bonchev–Trinajstić information content (AvgIpc) is 2.88. The highest BCUT2D eigenvalue weighted by atomic mass is 16.5. The van der Waals surface area contributed by atoms with Gasteiger partial charge in [0.25, 0.3) is 0 Å². The molecule has 0 spiro atoms. The number of aliphatic hydroxyl groups is 1. The Morgan fingerprint density at radius 1 is 1.39 bits per heavy atom. The summed E-state index contributed by atoms with van der Waals surface area (Å²) in [6.07, 6.45) is 7.63.